The first kappa shape index (κ1) is 19.6. The van der Waals surface area contributed by atoms with Gasteiger partial charge in [-0.1, -0.05) is 25.0 Å². The number of amides is 1. The number of rotatable bonds is 5. The molecule has 1 aliphatic carbocycles. The molecule has 0 bridgehead atoms. The second kappa shape index (κ2) is 8.44. The standard InChI is InChI=1S/C24H30N4OS/c1-26-10-12-27(13-11-26)21-8-6-18(7-9-21)15-25-24(29)22-14-19-16-28(17-23(19)30-22)20-4-2-3-5-20/h6-9,14,16-17,20H,2-5,10-13,15H2,1H3,(H,25,29). The number of piperazine rings is 1. The zero-order valence-electron chi connectivity index (χ0n) is 17.6. The number of nitrogens with zero attached hydrogens (tertiary/aromatic N) is 3. The van der Waals surface area contributed by atoms with Crippen LogP contribution in [0, 0.1) is 0 Å². The lowest BCUT2D eigenvalue weighted by atomic mass is 10.1. The summed E-state index contributed by atoms with van der Waals surface area (Å²) >= 11 is 1.60. The zero-order valence-corrected chi connectivity index (χ0v) is 18.5. The molecule has 3 heterocycles. The maximum Gasteiger partial charge on any atom is 0.261 e. The third-order valence-electron chi connectivity index (χ3n) is 6.57. The van der Waals surface area contributed by atoms with E-state index in [2.05, 4.69) is 63.4 Å². The van der Waals surface area contributed by atoms with Crippen LogP contribution in [0.3, 0.4) is 0 Å². The Morgan fingerprint density at radius 1 is 1.07 bits per heavy atom. The zero-order chi connectivity index (χ0) is 20.5. The van der Waals surface area contributed by atoms with E-state index in [0.717, 1.165) is 36.6 Å². The first-order valence-electron chi connectivity index (χ1n) is 11.1. The molecule has 30 heavy (non-hydrogen) atoms. The Hall–Kier alpha value is -2.31. The Morgan fingerprint density at radius 3 is 2.50 bits per heavy atom. The number of aromatic nitrogens is 1. The van der Waals surface area contributed by atoms with Crippen molar-refractivity contribution in [3.63, 3.8) is 0 Å². The van der Waals surface area contributed by atoms with E-state index in [4.69, 9.17) is 0 Å². The highest BCUT2D eigenvalue weighted by molar-refractivity contribution is 7.20. The van der Waals surface area contributed by atoms with Gasteiger partial charge in [0.2, 0.25) is 0 Å². The Kier molecular flexibility index (Phi) is 5.52. The van der Waals surface area contributed by atoms with Gasteiger partial charge < -0.3 is 19.7 Å². The number of thiophene rings is 1. The Morgan fingerprint density at radius 2 is 1.80 bits per heavy atom. The van der Waals surface area contributed by atoms with Crippen molar-refractivity contribution in [3.05, 3.63) is 53.2 Å². The second-order valence-corrected chi connectivity index (χ2v) is 9.80. The van der Waals surface area contributed by atoms with Crippen LogP contribution in [0.25, 0.3) is 10.1 Å². The highest BCUT2D eigenvalue weighted by atomic mass is 32.1. The van der Waals surface area contributed by atoms with Gasteiger partial charge in [-0.05, 0) is 43.7 Å². The fourth-order valence-corrected chi connectivity index (χ4v) is 5.63. The molecule has 5 rings (SSSR count). The summed E-state index contributed by atoms with van der Waals surface area (Å²) in [4.78, 5) is 18.2. The summed E-state index contributed by atoms with van der Waals surface area (Å²) in [6.45, 7) is 4.92. The lowest BCUT2D eigenvalue weighted by Crippen LogP contribution is -2.44. The summed E-state index contributed by atoms with van der Waals surface area (Å²) in [5.74, 6) is 0.0201. The largest absolute Gasteiger partial charge is 0.369 e. The van der Waals surface area contributed by atoms with Crippen molar-refractivity contribution in [2.24, 2.45) is 0 Å². The summed E-state index contributed by atoms with van der Waals surface area (Å²) in [6.07, 6.45) is 9.67. The summed E-state index contributed by atoms with van der Waals surface area (Å²) in [7, 11) is 2.17. The summed E-state index contributed by atoms with van der Waals surface area (Å²) in [5, 5.41) is 4.27. The predicted molar refractivity (Wildman–Crippen MR) is 125 cm³/mol. The van der Waals surface area contributed by atoms with Crippen LogP contribution in [0.15, 0.2) is 42.7 Å². The molecule has 2 aromatic heterocycles. The molecular weight excluding hydrogens is 392 g/mol. The molecule has 0 spiro atoms. The van der Waals surface area contributed by atoms with Crippen LogP contribution in [-0.2, 0) is 6.54 Å². The summed E-state index contributed by atoms with van der Waals surface area (Å²) < 4.78 is 3.57. The molecule has 1 saturated heterocycles. The second-order valence-electron chi connectivity index (χ2n) is 8.71. The van der Waals surface area contributed by atoms with Gasteiger partial charge in [0.1, 0.15) is 0 Å². The van der Waals surface area contributed by atoms with Gasteiger partial charge in [0.25, 0.3) is 5.91 Å². The maximum absolute atomic E-state index is 12.7. The van der Waals surface area contributed by atoms with Crippen LogP contribution >= 0.6 is 11.3 Å². The van der Waals surface area contributed by atoms with Gasteiger partial charge >= 0.3 is 0 Å². The monoisotopic (exact) mass is 422 g/mol. The number of benzene rings is 1. The van der Waals surface area contributed by atoms with Crippen LogP contribution < -0.4 is 10.2 Å². The topological polar surface area (TPSA) is 40.5 Å². The first-order valence-corrected chi connectivity index (χ1v) is 11.9. The van der Waals surface area contributed by atoms with Crippen molar-refractivity contribution in [3.8, 4) is 0 Å². The number of nitrogens with one attached hydrogen (secondary N) is 1. The molecule has 1 aliphatic heterocycles. The molecule has 158 valence electrons. The van der Waals surface area contributed by atoms with Gasteiger partial charge in [0.15, 0.2) is 0 Å². The predicted octanol–water partition coefficient (Wildman–Crippen LogP) is 4.50. The van der Waals surface area contributed by atoms with E-state index in [9.17, 15) is 4.79 Å². The van der Waals surface area contributed by atoms with Crippen LogP contribution in [0.4, 0.5) is 5.69 Å². The van der Waals surface area contributed by atoms with Gasteiger partial charge in [-0.25, -0.2) is 0 Å². The fourth-order valence-electron chi connectivity index (χ4n) is 4.64. The van der Waals surface area contributed by atoms with Gasteiger partial charge in [-0.2, -0.15) is 0 Å². The lowest BCUT2D eigenvalue weighted by molar-refractivity contribution is 0.0955. The van der Waals surface area contributed by atoms with Crippen LogP contribution in [0.1, 0.15) is 47.0 Å². The highest BCUT2D eigenvalue weighted by Crippen LogP contribution is 2.34. The normalized spacial score (nSPS) is 18.4. The first-order chi connectivity index (χ1) is 14.7. The average Bonchev–Trinajstić information content (AvgIpc) is 3.49. The molecule has 0 unspecified atom stereocenters. The van der Waals surface area contributed by atoms with Crippen molar-refractivity contribution in [2.45, 2.75) is 38.3 Å². The number of fused-ring (bicyclic) bond motifs is 1. The molecule has 1 aromatic carbocycles. The Balaban J connectivity index is 1.18. The molecule has 6 heteroatoms. The quantitative estimate of drug-likeness (QED) is 0.658. The van der Waals surface area contributed by atoms with Crippen molar-refractivity contribution < 1.29 is 4.79 Å². The molecule has 5 nitrogen and oxygen atoms in total. The number of anilines is 1. The van der Waals surface area contributed by atoms with Gasteiger partial charge in [0, 0.05) is 62.2 Å². The van der Waals surface area contributed by atoms with E-state index in [1.165, 1.54) is 41.5 Å². The van der Waals surface area contributed by atoms with Crippen LogP contribution in [0.2, 0.25) is 0 Å². The lowest BCUT2D eigenvalue weighted by Gasteiger charge is -2.34. The van der Waals surface area contributed by atoms with Crippen LogP contribution in [-0.4, -0.2) is 48.6 Å². The van der Waals surface area contributed by atoms with E-state index in [1.807, 2.05) is 6.07 Å². The van der Waals surface area contributed by atoms with Crippen molar-refractivity contribution in [1.29, 1.82) is 0 Å². The molecule has 2 fully saturated rings. The van der Waals surface area contributed by atoms with E-state index < -0.39 is 0 Å². The number of hydrogen-bond acceptors (Lipinski definition) is 4. The number of hydrogen-bond donors (Lipinski definition) is 1. The SMILES string of the molecule is CN1CCN(c2ccc(CNC(=O)c3cc4cn(C5CCCC5)cc4s3)cc2)CC1. The molecule has 1 saturated carbocycles. The van der Waals surface area contributed by atoms with E-state index >= 15 is 0 Å². The fraction of sp³-hybridized carbons (Fsp3) is 0.458. The number of carbonyl (C=O) groups is 1. The third-order valence-corrected chi connectivity index (χ3v) is 7.66. The molecule has 0 radical (unpaired) electrons. The summed E-state index contributed by atoms with van der Waals surface area (Å²) in [5.41, 5.74) is 2.40. The minimum absolute atomic E-state index is 0.0201. The van der Waals surface area contributed by atoms with Crippen molar-refractivity contribution in [1.82, 2.24) is 14.8 Å². The Labute approximate surface area is 182 Å². The van der Waals surface area contributed by atoms with E-state index in [-0.39, 0.29) is 5.91 Å². The number of likely N-dealkylation sites (N-methyl/N-ethyl adjacent to an activating group) is 1. The number of carbonyl (C=O) groups excluding carboxylic acids is 1. The van der Waals surface area contributed by atoms with E-state index in [1.54, 1.807) is 11.3 Å². The van der Waals surface area contributed by atoms with Crippen molar-refractivity contribution in [2.75, 3.05) is 38.1 Å². The molecule has 1 amide bonds. The smallest absolute Gasteiger partial charge is 0.261 e. The van der Waals surface area contributed by atoms with Crippen LogP contribution in [0.5, 0.6) is 0 Å². The minimum atomic E-state index is 0.0201. The maximum atomic E-state index is 12.7. The van der Waals surface area contributed by atoms with Gasteiger partial charge in [-0.3, -0.25) is 4.79 Å². The third kappa shape index (κ3) is 4.12. The van der Waals surface area contributed by atoms with E-state index in [0.29, 0.717) is 12.6 Å². The molecule has 0 atom stereocenters. The van der Waals surface area contributed by atoms with Crippen molar-refractivity contribution >= 4 is 33.0 Å². The molecule has 3 aromatic rings. The van der Waals surface area contributed by atoms with Gasteiger partial charge in [-0.15, -0.1) is 11.3 Å². The average molecular weight is 423 g/mol. The highest BCUT2D eigenvalue weighted by Gasteiger charge is 2.19. The van der Waals surface area contributed by atoms with Gasteiger partial charge in [0.05, 0.1) is 9.58 Å². The summed E-state index contributed by atoms with van der Waals surface area (Å²) in [6, 6.07) is 11.3. The molecule has 2 aliphatic rings. The Bertz CT molecular complexity index is 976. The molecule has 1 N–H and O–H groups in total. The molecular formula is C24H30N4OS. The minimum Gasteiger partial charge on any atom is -0.369 e.